The summed E-state index contributed by atoms with van der Waals surface area (Å²) in [7, 11) is 1.54. The minimum Gasteiger partial charge on any atom is -0.380 e. The van der Waals surface area contributed by atoms with E-state index in [9.17, 15) is 4.79 Å². The van der Waals surface area contributed by atoms with Crippen LogP contribution in [0.1, 0.15) is 12.8 Å². The van der Waals surface area contributed by atoms with Crippen LogP contribution in [-0.4, -0.2) is 25.0 Å². The van der Waals surface area contributed by atoms with Gasteiger partial charge in [0.25, 0.3) is 0 Å². The molecule has 1 saturated carbocycles. The summed E-state index contributed by atoms with van der Waals surface area (Å²) >= 11 is 0. The van der Waals surface area contributed by atoms with Crippen molar-refractivity contribution in [2.45, 2.75) is 18.4 Å². The quantitative estimate of drug-likeness (QED) is 0.592. The van der Waals surface area contributed by atoms with Crippen molar-refractivity contribution in [3.8, 4) is 0 Å². The van der Waals surface area contributed by atoms with E-state index in [1.807, 2.05) is 0 Å². The van der Waals surface area contributed by atoms with Gasteiger partial charge in [0.1, 0.15) is 0 Å². The number of carbonyl (C=O) groups excluding carboxylic acids is 1. The van der Waals surface area contributed by atoms with Gasteiger partial charge < -0.3 is 10.5 Å². The Balaban J connectivity index is 2.47. The van der Waals surface area contributed by atoms with Crippen LogP contribution in [0.15, 0.2) is 12.2 Å². The fourth-order valence-corrected chi connectivity index (χ4v) is 0.954. The number of Topliss-reactive ketones (excluding diaryl/α,β-unsaturated/α-hetero) is 1. The van der Waals surface area contributed by atoms with Gasteiger partial charge in [-0.25, -0.2) is 0 Å². The maximum absolute atomic E-state index is 11.3. The minimum atomic E-state index is -0.588. The zero-order valence-corrected chi connectivity index (χ0v) is 6.72. The molecule has 1 aliphatic carbocycles. The predicted octanol–water partition coefficient (Wildman–Crippen LogP) is 0.249. The van der Waals surface area contributed by atoms with Crippen molar-refractivity contribution in [3.05, 3.63) is 12.2 Å². The Morgan fingerprint density at radius 3 is 2.64 bits per heavy atom. The largest absolute Gasteiger partial charge is 0.380 e. The molecule has 2 N–H and O–H groups in total. The van der Waals surface area contributed by atoms with Gasteiger partial charge in [0, 0.05) is 12.7 Å². The third-order valence-corrected chi connectivity index (χ3v) is 1.88. The van der Waals surface area contributed by atoms with Crippen molar-refractivity contribution in [2.75, 3.05) is 13.7 Å². The van der Waals surface area contributed by atoms with Crippen LogP contribution in [0.3, 0.4) is 0 Å². The molecule has 0 unspecified atom stereocenters. The van der Waals surface area contributed by atoms with Gasteiger partial charge in [-0.15, -0.1) is 0 Å². The first-order valence-electron chi connectivity index (χ1n) is 3.60. The summed E-state index contributed by atoms with van der Waals surface area (Å²) in [6.45, 7) is 3.89. The molecule has 0 aromatic heterocycles. The molecule has 11 heavy (non-hydrogen) atoms. The van der Waals surface area contributed by atoms with E-state index < -0.39 is 5.54 Å². The summed E-state index contributed by atoms with van der Waals surface area (Å²) in [4.78, 5) is 11.3. The average molecular weight is 155 g/mol. The highest BCUT2D eigenvalue weighted by atomic mass is 16.5. The Labute approximate surface area is 66.2 Å². The molecule has 0 bridgehead atoms. The summed E-state index contributed by atoms with van der Waals surface area (Å²) in [5.41, 5.74) is 5.55. The molecule has 0 aliphatic heterocycles. The van der Waals surface area contributed by atoms with Crippen LogP contribution in [0, 0.1) is 0 Å². The van der Waals surface area contributed by atoms with E-state index in [-0.39, 0.29) is 12.4 Å². The van der Waals surface area contributed by atoms with Crippen LogP contribution in [-0.2, 0) is 9.53 Å². The smallest absolute Gasteiger partial charge is 0.180 e. The van der Waals surface area contributed by atoms with E-state index in [0.717, 1.165) is 12.8 Å². The Hall–Kier alpha value is -0.670. The lowest BCUT2D eigenvalue weighted by Gasteiger charge is -2.08. The monoisotopic (exact) mass is 155 g/mol. The highest BCUT2D eigenvalue weighted by Crippen LogP contribution is 2.34. The molecule has 0 atom stereocenters. The van der Waals surface area contributed by atoms with Gasteiger partial charge in [0.05, 0.1) is 12.1 Å². The molecule has 0 saturated heterocycles. The average Bonchev–Trinajstić information content (AvgIpc) is 2.68. The minimum absolute atomic E-state index is 0.0423. The van der Waals surface area contributed by atoms with Crippen molar-refractivity contribution in [2.24, 2.45) is 5.73 Å². The third-order valence-electron chi connectivity index (χ3n) is 1.88. The summed E-state index contributed by atoms with van der Waals surface area (Å²) in [6, 6.07) is 0. The van der Waals surface area contributed by atoms with Gasteiger partial charge in [0.15, 0.2) is 5.78 Å². The third kappa shape index (κ3) is 1.67. The Morgan fingerprint density at radius 2 is 2.27 bits per heavy atom. The van der Waals surface area contributed by atoms with Crippen LogP contribution < -0.4 is 5.73 Å². The van der Waals surface area contributed by atoms with Crippen molar-refractivity contribution < 1.29 is 9.53 Å². The molecule has 3 nitrogen and oxygen atoms in total. The van der Waals surface area contributed by atoms with Crippen molar-refractivity contribution in [1.82, 2.24) is 0 Å². The summed E-state index contributed by atoms with van der Waals surface area (Å²) in [5, 5.41) is 0. The molecule has 0 heterocycles. The second kappa shape index (κ2) is 2.75. The molecular formula is C8H13NO2. The molecule has 0 spiro atoms. The van der Waals surface area contributed by atoms with Gasteiger partial charge >= 0.3 is 0 Å². The SMILES string of the molecule is C=C(COC)C(=O)C1(N)CC1. The number of ether oxygens (including phenoxy) is 1. The molecule has 1 aliphatic rings. The van der Waals surface area contributed by atoms with E-state index in [0.29, 0.717) is 5.57 Å². The Morgan fingerprint density at radius 1 is 1.73 bits per heavy atom. The standard InChI is InChI=1S/C8H13NO2/c1-6(5-11-2)7(10)8(9)3-4-8/h1,3-5,9H2,2H3. The molecule has 1 fully saturated rings. The highest BCUT2D eigenvalue weighted by Gasteiger charge is 2.46. The van der Waals surface area contributed by atoms with Crippen LogP contribution in [0.25, 0.3) is 0 Å². The molecule has 0 aromatic carbocycles. The van der Waals surface area contributed by atoms with E-state index in [1.54, 1.807) is 0 Å². The number of nitrogens with two attached hydrogens (primary N) is 1. The van der Waals surface area contributed by atoms with Gasteiger partial charge in [-0.05, 0) is 12.8 Å². The van der Waals surface area contributed by atoms with Crippen LogP contribution in [0.4, 0.5) is 0 Å². The normalized spacial score (nSPS) is 19.5. The van der Waals surface area contributed by atoms with Crippen molar-refractivity contribution >= 4 is 5.78 Å². The molecule has 0 radical (unpaired) electrons. The number of rotatable bonds is 4. The van der Waals surface area contributed by atoms with Gasteiger partial charge in [0.2, 0.25) is 0 Å². The fourth-order valence-electron chi connectivity index (χ4n) is 0.954. The lowest BCUT2D eigenvalue weighted by Crippen LogP contribution is -2.34. The van der Waals surface area contributed by atoms with Gasteiger partial charge in [-0.1, -0.05) is 6.58 Å². The van der Waals surface area contributed by atoms with Gasteiger partial charge in [-0.3, -0.25) is 4.79 Å². The van der Waals surface area contributed by atoms with E-state index in [1.165, 1.54) is 7.11 Å². The molecule has 62 valence electrons. The van der Waals surface area contributed by atoms with Crippen molar-refractivity contribution in [1.29, 1.82) is 0 Å². The summed E-state index contributed by atoms with van der Waals surface area (Å²) < 4.78 is 4.77. The maximum atomic E-state index is 11.3. The Bertz CT molecular complexity index is 194. The number of carbonyl (C=O) groups is 1. The van der Waals surface area contributed by atoms with Crippen molar-refractivity contribution in [3.63, 3.8) is 0 Å². The molecule has 0 aromatic rings. The lowest BCUT2D eigenvalue weighted by molar-refractivity contribution is -0.118. The second-order valence-electron chi connectivity index (χ2n) is 3.02. The molecular weight excluding hydrogens is 142 g/mol. The predicted molar refractivity (Wildman–Crippen MR) is 42.2 cm³/mol. The Kier molecular flexibility index (Phi) is 2.11. The zero-order chi connectivity index (χ0) is 8.48. The van der Waals surface area contributed by atoms with Crippen LogP contribution in [0.2, 0.25) is 0 Å². The fraction of sp³-hybridized carbons (Fsp3) is 0.625. The lowest BCUT2D eigenvalue weighted by atomic mass is 10.1. The second-order valence-corrected chi connectivity index (χ2v) is 3.02. The highest BCUT2D eigenvalue weighted by molar-refractivity contribution is 6.04. The summed E-state index contributed by atoms with van der Waals surface area (Å²) in [6.07, 6.45) is 1.57. The maximum Gasteiger partial charge on any atom is 0.180 e. The molecule has 3 heteroatoms. The first-order chi connectivity index (χ1) is 5.10. The molecule has 1 rings (SSSR count). The molecule has 0 amide bonds. The van der Waals surface area contributed by atoms with E-state index >= 15 is 0 Å². The summed E-state index contributed by atoms with van der Waals surface area (Å²) in [5.74, 6) is -0.0423. The number of hydrogen-bond acceptors (Lipinski definition) is 3. The topological polar surface area (TPSA) is 52.3 Å². The van der Waals surface area contributed by atoms with Crippen LogP contribution >= 0.6 is 0 Å². The van der Waals surface area contributed by atoms with Crippen LogP contribution in [0.5, 0.6) is 0 Å². The first-order valence-corrected chi connectivity index (χ1v) is 3.60. The van der Waals surface area contributed by atoms with E-state index in [4.69, 9.17) is 10.5 Å². The number of methoxy groups -OCH3 is 1. The number of ketones is 1. The first kappa shape index (κ1) is 8.43. The zero-order valence-electron chi connectivity index (χ0n) is 6.72. The van der Waals surface area contributed by atoms with Gasteiger partial charge in [-0.2, -0.15) is 0 Å². The number of hydrogen-bond donors (Lipinski definition) is 1. The van der Waals surface area contributed by atoms with E-state index in [2.05, 4.69) is 6.58 Å².